The Morgan fingerprint density at radius 2 is 2.22 bits per heavy atom. The minimum Gasteiger partial charge on any atom is -0.339 e. The number of aromatic nitrogens is 2. The van der Waals surface area contributed by atoms with Crippen LogP contribution in [0.5, 0.6) is 0 Å². The molecule has 1 aliphatic heterocycles. The lowest BCUT2D eigenvalue weighted by atomic mass is 9.69. The molecule has 0 amide bonds. The van der Waals surface area contributed by atoms with E-state index in [1.807, 2.05) is 0 Å². The SMILES string of the molecule is NCC1(c2nc(C3CCS(=O)(=O)C3)no2)CCC1. The Kier molecular flexibility index (Phi) is 2.71. The number of nitrogens with zero attached hydrogens (tertiary/aromatic N) is 2. The zero-order valence-electron chi connectivity index (χ0n) is 10.1. The molecule has 18 heavy (non-hydrogen) atoms. The lowest BCUT2D eigenvalue weighted by Crippen LogP contribution is -2.41. The van der Waals surface area contributed by atoms with Crippen LogP contribution in [0.15, 0.2) is 4.52 Å². The van der Waals surface area contributed by atoms with Gasteiger partial charge in [0.15, 0.2) is 15.7 Å². The van der Waals surface area contributed by atoms with Gasteiger partial charge in [-0.1, -0.05) is 11.6 Å². The van der Waals surface area contributed by atoms with Gasteiger partial charge in [-0.15, -0.1) is 0 Å². The highest BCUT2D eigenvalue weighted by atomic mass is 32.2. The second kappa shape index (κ2) is 4.03. The predicted octanol–water partition coefficient (Wildman–Crippen LogP) is 0.352. The first-order valence-electron chi connectivity index (χ1n) is 6.29. The molecule has 1 aliphatic carbocycles. The molecular formula is C11H17N3O3S. The third kappa shape index (κ3) is 1.85. The lowest BCUT2D eigenvalue weighted by Gasteiger charge is -2.36. The van der Waals surface area contributed by atoms with Crippen molar-refractivity contribution in [3.05, 3.63) is 11.7 Å². The van der Waals surface area contributed by atoms with E-state index < -0.39 is 9.84 Å². The third-order valence-corrected chi connectivity index (χ3v) is 5.96. The molecule has 2 fully saturated rings. The van der Waals surface area contributed by atoms with E-state index in [2.05, 4.69) is 10.1 Å². The number of sulfone groups is 1. The second-order valence-electron chi connectivity index (χ2n) is 5.40. The van der Waals surface area contributed by atoms with Crippen LogP contribution < -0.4 is 5.73 Å². The molecule has 3 rings (SSSR count). The van der Waals surface area contributed by atoms with Crippen LogP contribution in [-0.2, 0) is 15.3 Å². The van der Waals surface area contributed by atoms with Crippen LogP contribution >= 0.6 is 0 Å². The van der Waals surface area contributed by atoms with Crippen molar-refractivity contribution in [1.29, 1.82) is 0 Å². The fourth-order valence-electron chi connectivity index (χ4n) is 2.72. The zero-order valence-corrected chi connectivity index (χ0v) is 10.9. The van der Waals surface area contributed by atoms with Gasteiger partial charge in [0, 0.05) is 12.5 Å². The summed E-state index contributed by atoms with van der Waals surface area (Å²) in [5.74, 6) is 1.38. The average molecular weight is 271 g/mol. The summed E-state index contributed by atoms with van der Waals surface area (Å²) in [5.41, 5.74) is 5.63. The second-order valence-corrected chi connectivity index (χ2v) is 7.62. The van der Waals surface area contributed by atoms with Crippen LogP contribution in [0.3, 0.4) is 0 Å². The number of hydrogen-bond acceptors (Lipinski definition) is 6. The molecule has 2 aliphatic rings. The predicted molar refractivity (Wildman–Crippen MR) is 64.9 cm³/mol. The molecule has 1 saturated carbocycles. The number of hydrogen-bond donors (Lipinski definition) is 1. The van der Waals surface area contributed by atoms with Crippen LogP contribution in [0.4, 0.5) is 0 Å². The zero-order chi connectivity index (χ0) is 12.8. The maximum atomic E-state index is 11.4. The van der Waals surface area contributed by atoms with Gasteiger partial charge in [0.2, 0.25) is 5.89 Å². The minimum atomic E-state index is -2.91. The quantitative estimate of drug-likeness (QED) is 0.851. The lowest BCUT2D eigenvalue weighted by molar-refractivity contribution is 0.181. The van der Waals surface area contributed by atoms with E-state index >= 15 is 0 Å². The molecule has 6 nitrogen and oxygen atoms in total. The number of rotatable bonds is 3. The van der Waals surface area contributed by atoms with Crippen LogP contribution in [0.2, 0.25) is 0 Å². The maximum absolute atomic E-state index is 11.4. The summed E-state index contributed by atoms with van der Waals surface area (Å²) >= 11 is 0. The van der Waals surface area contributed by atoms with Gasteiger partial charge >= 0.3 is 0 Å². The summed E-state index contributed by atoms with van der Waals surface area (Å²) in [6, 6.07) is 0. The van der Waals surface area contributed by atoms with E-state index in [1.165, 1.54) is 0 Å². The Bertz CT molecular complexity index is 542. The Labute approximate surface area is 106 Å². The Morgan fingerprint density at radius 1 is 1.44 bits per heavy atom. The van der Waals surface area contributed by atoms with Crippen molar-refractivity contribution in [3.63, 3.8) is 0 Å². The normalized spacial score (nSPS) is 29.1. The third-order valence-electron chi connectivity index (χ3n) is 4.19. The van der Waals surface area contributed by atoms with Gasteiger partial charge in [-0.3, -0.25) is 0 Å². The van der Waals surface area contributed by atoms with E-state index in [4.69, 9.17) is 10.3 Å². The van der Waals surface area contributed by atoms with E-state index in [0.29, 0.717) is 24.7 Å². The first-order chi connectivity index (χ1) is 8.55. The molecule has 1 atom stereocenters. The van der Waals surface area contributed by atoms with Crippen molar-refractivity contribution in [3.8, 4) is 0 Å². The molecule has 0 radical (unpaired) electrons. The fraction of sp³-hybridized carbons (Fsp3) is 0.818. The van der Waals surface area contributed by atoms with Crippen molar-refractivity contribution in [1.82, 2.24) is 10.1 Å². The molecule has 2 heterocycles. The molecule has 0 bridgehead atoms. The topological polar surface area (TPSA) is 99.1 Å². The summed E-state index contributed by atoms with van der Waals surface area (Å²) in [5, 5.41) is 3.95. The summed E-state index contributed by atoms with van der Waals surface area (Å²) in [6.45, 7) is 0.512. The fourth-order valence-corrected chi connectivity index (χ4v) is 4.46. The van der Waals surface area contributed by atoms with Crippen molar-refractivity contribution in [2.75, 3.05) is 18.1 Å². The van der Waals surface area contributed by atoms with Gasteiger partial charge in [0.1, 0.15) is 0 Å². The first kappa shape index (κ1) is 12.1. The van der Waals surface area contributed by atoms with Gasteiger partial charge in [-0.2, -0.15) is 4.98 Å². The minimum absolute atomic E-state index is 0.109. The number of nitrogens with two attached hydrogens (primary N) is 1. The van der Waals surface area contributed by atoms with Crippen molar-refractivity contribution in [2.45, 2.75) is 37.0 Å². The van der Waals surface area contributed by atoms with Crippen molar-refractivity contribution < 1.29 is 12.9 Å². The highest BCUT2D eigenvalue weighted by Gasteiger charge is 2.43. The molecule has 1 aromatic rings. The van der Waals surface area contributed by atoms with E-state index in [-0.39, 0.29) is 22.8 Å². The van der Waals surface area contributed by atoms with E-state index in [9.17, 15) is 8.42 Å². The molecule has 100 valence electrons. The van der Waals surface area contributed by atoms with E-state index in [1.54, 1.807) is 0 Å². The smallest absolute Gasteiger partial charge is 0.234 e. The Balaban J connectivity index is 1.82. The Morgan fingerprint density at radius 3 is 2.72 bits per heavy atom. The van der Waals surface area contributed by atoms with Crippen LogP contribution in [0.1, 0.15) is 43.3 Å². The molecule has 0 spiro atoms. The van der Waals surface area contributed by atoms with Gasteiger partial charge in [0.25, 0.3) is 0 Å². The molecule has 1 saturated heterocycles. The molecule has 0 aromatic carbocycles. The summed E-state index contributed by atoms with van der Waals surface area (Å²) in [4.78, 5) is 4.40. The van der Waals surface area contributed by atoms with Crippen LogP contribution in [0.25, 0.3) is 0 Å². The van der Waals surface area contributed by atoms with Gasteiger partial charge < -0.3 is 10.3 Å². The van der Waals surface area contributed by atoms with Crippen LogP contribution in [0, 0.1) is 0 Å². The standard InChI is InChI=1S/C11H17N3O3S/c12-7-11(3-1-4-11)10-13-9(14-17-10)8-2-5-18(15,16)6-8/h8H,1-7,12H2. The van der Waals surface area contributed by atoms with Gasteiger partial charge in [0.05, 0.1) is 16.9 Å². The molecule has 1 unspecified atom stereocenters. The Hall–Kier alpha value is -0.950. The van der Waals surface area contributed by atoms with E-state index in [0.717, 1.165) is 19.3 Å². The molecule has 1 aromatic heterocycles. The highest BCUT2D eigenvalue weighted by Crippen LogP contribution is 2.42. The van der Waals surface area contributed by atoms with Gasteiger partial charge in [-0.05, 0) is 19.3 Å². The van der Waals surface area contributed by atoms with Crippen molar-refractivity contribution in [2.24, 2.45) is 5.73 Å². The monoisotopic (exact) mass is 271 g/mol. The molecule has 7 heteroatoms. The van der Waals surface area contributed by atoms with Crippen molar-refractivity contribution >= 4 is 9.84 Å². The summed E-state index contributed by atoms with van der Waals surface area (Å²) < 4.78 is 28.2. The summed E-state index contributed by atoms with van der Waals surface area (Å²) in [7, 11) is -2.91. The van der Waals surface area contributed by atoms with Gasteiger partial charge in [-0.25, -0.2) is 8.42 Å². The molecule has 2 N–H and O–H groups in total. The largest absolute Gasteiger partial charge is 0.339 e. The maximum Gasteiger partial charge on any atom is 0.234 e. The highest BCUT2D eigenvalue weighted by molar-refractivity contribution is 7.91. The molecular weight excluding hydrogens is 254 g/mol. The first-order valence-corrected chi connectivity index (χ1v) is 8.11. The average Bonchev–Trinajstić information content (AvgIpc) is 2.84. The van der Waals surface area contributed by atoms with Crippen LogP contribution in [-0.4, -0.2) is 36.6 Å². The summed E-state index contributed by atoms with van der Waals surface area (Å²) in [6.07, 6.45) is 3.69.